The van der Waals surface area contributed by atoms with Gasteiger partial charge in [0, 0.05) is 18.3 Å². The van der Waals surface area contributed by atoms with E-state index in [1.807, 2.05) is 0 Å². The van der Waals surface area contributed by atoms with Crippen molar-refractivity contribution in [3.05, 3.63) is 35.9 Å². The fourth-order valence-corrected chi connectivity index (χ4v) is 3.65. The molecule has 0 aromatic heterocycles. The molecule has 0 amide bonds. The van der Waals surface area contributed by atoms with Crippen LogP contribution in [0.2, 0.25) is 0 Å². The van der Waals surface area contributed by atoms with Crippen LogP contribution in [-0.2, 0) is 0 Å². The van der Waals surface area contributed by atoms with Gasteiger partial charge in [-0.3, -0.25) is 0 Å². The molecule has 20 heavy (non-hydrogen) atoms. The second-order valence-electron chi connectivity index (χ2n) is 5.51. The molecule has 0 spiro atoms. The highest BCUT2D eigenvalue weighted by molar-refractivity contribution is 7.99. The Kier molecular flexibility index (Phi) is 7.48. The fourth-order valence-electron chi connectivity index (χ4n) is 2.72. The highest BCUT2D eigenvalue weighted by atomic mass is 32.2. The maximum absolute atomic E-state index is 3.71. The molecule has 1 aliphatic heterocycles. The molecular formula is C17H28N2S. The lowest BCUT2D eigenvalue weighted by atomic mass is 10.0. The Morgan fingerprint density at radius 1 is 1.20 bits per heavy atom. The van der Waals surface area contributed by atoms with Gasteiger partial charge in [-0.1, -0.05) is 37.3 Å². The van der Waals surface area contributed by atoms with E-state index in [4.69, 9.17) is 0 Å². The van der Waals surface area contributed by atoms with E-state index in [9.17, 15) is 0 Å². The van der Waals surface area contributed by atoms with Gasteiger partial charge in [0.1, 0.15) is 0 Å². The molecule has 112 valence electrons. The van der Waals surface area contributed by atoms with Gasteiger partial charge in [-0.05, 0) is 50.2 Å². The van der Waals surface area contributed by atoms with Crippen LogP contribution in [0.5, 0.6) is 0 Å². The van der Waals surface area contributed by atoms with E-state index >= 15 is 0 Å². The van der Waals surface area contributed by atoms with E-state index in [1.165, 1.54) is 56.0 Å². The topological polar surface area (TPSA) is 15.3 Å². The quantitative estimate of drug-likeness (QED) is 0.827. The summed E-state index contributed by atoms with van der Waals surface area (Å²) in [4.78, 5) is 2.64. The molecule has 1 fully saturated rings. The van der Waals surface area contributed by atoms with Gasteiger partial charge >= 0.3 is 0 Å². The number of nitrogens with zero attached hydrogens (tertiary/aromatic N) is 1. The second-order valence-corrected chi connectivity index (χ2v) is 6.74. The van der Waals surface area contributed by atoms with Crippen molar-refractivity contribution in [3.63, 3.8) is 0 Å². The van der Waals surface area contributed by atoms with Gasteiger partial charge < -0.3 is 10.2 Å². The lowest BCUT2D eigenvalue weighted by Gasteiger charge is -2.24. The summed E-state index contributed by atoms with van der Waals surface area (Å²) in [5.41, 5.74) is 1.44. The molecule has 1 atom stereocenters. The normalized spacial score (nSPS) is 18.6. The molecule has 1 unspecified atom stereocenters. The molecule has 3 heteroatoms. The highest BCUT2D eigenvalue weighted by Crippen LogP contribution is 2.18. The third kappa shape index (κ3) is 5.47. The van der Waals surface area contributed by atoms with Gasteiger partial charge in [-0.15, -0.1) is 0 Å². The molecular weight excluding hydrogens is 264 g/mol. The molecule has 2 rings (SSSR count). The van der Waals surface area contributed by atoms with Crippen molar-refractivity contribution in [1.82, 2.24) is 10.2 Å². The van der Waals surface area contributed by atoms with E-state index in [0.29, 0.717) is 6.04 Å². The number of hydrogen-bond acceptors (Lipinski definition) is 3. The molecule has 0 bridgehead atoms. The number of hydrogen-bond donors (Lipinski definition) is 1. The van der Waals surface area contributed by atoms with E-state index in [1.54, 1.807) is 0 Å². The summed E-state index contributed by atoms with van der Waals surface area (Å²) in [7, 11) is 0. The van der Waals surface area contributed by atoms with Crippen LogP contribution in [0.1, 0.15) is 37.8 Å². The van der Waals surface area contributed by atoms with E-state index < -0.39 is 0 Å². The number of rotatable bonds is 7. The lowest BCUT2D eigenvalue weighted by Crippen LogP contribution is -2.31. The van der Waals surface area contributed by atoms with Crippen LogP contribution in [-0.4, -0.2) is 42.6 Å². The van der Waals surface area contributed by atoms with Crippen molar-refractivity contribution >= 4 is 11.8 Å². The van der Waals surface area contributed by atoms with Crippen LogP contribution >= 0.6 is 11.8 Å². The molecule has 1 heterocycles. The van der Waals surface area contributed by atoms with Crippen LogP contribution in [0.15, 0.2) is 30.3 Å². The Balaban J connectivity index is 1.86. The minimum Gasteiger partial charge on any atom is -0.310 e. The zero-order chi connectivity index (χ0) is 14.0. The molecule has 1 saturated heterocycles. The molecule has 1 aromatic carbocycles. The summed E-state index contributed by atoms with van der Waals surface area (Å²) in [5.74, 6) is 2.64. The van der Waals surface area contributed by atoms with Gasteiger partial charge in [-0.25, -0.2) is 0 Å². The molecule has 1 aromatic rings. The number of benzene rings is 1. The first-order valence-corrected chi connectivity index (χ1v) is 9.14. The Labute approximate surface area is 128 Å². The average Bonchev–Trinajstić information content (AvgIpc) is 2.77. The lowest BCUT2D eigenvalue weighted by molar-refractivity contribution is 0.275. The van der Waals surface area contributed by atoms with Crippen LogP contribution in [0.4, 0.5) is 0 Å². The van der Waals surface area contributed by atoms with Crippen molar-refractivity contribution in [1.29, 1.82) is 0 Å². The first-order valence-electron chi connectivity index (χ1n) is 7.98. The maximum Gasteiger partial charge on any atom is 0.0332 e. The van der Waals surface area contributed by atoms with Crippen molar-refractivity contribution in [2.75, 3.05) is 37.7 Å². The van der Waals surface area contributed by atoms with Crippen molar-refractivity contribution in [2.45, 2.75) is 32.2 Å². The van der Waals surface area contributed by atoms with Crippen molar-refractivity contribution < 1.29 is 0 Å². The highest BCUT2D eigenvalue weighted by Gasteiger charge is 2.14. The predicted molar refractivity (Wildman–Crippen MR) is 90.5 cm³/mol. The summed E-state index contributed by atoms with van der Waals surface area (Å²) in [5, 5.41) is 3.71. The average molecular weight is 292 g/mol. The van der Waals surface area contributed by atoms with Gasteiger partial charge in [-0.2, -0.15) is 11.8 Å². The van der Waals surface area contributed by atoms with Crippen LogP contribution in [0.3, 0.4) is 0 Å². The van der Waals surface area contributed by atoms with E-state index in [2.05, 4.69) is 59.2 Å². The summed E-state index contributed by atoms with van der Waals surface area (Å²) >= 11 is 2.11. The summed E-state index contributed by atoms with van der Waals surface area (Å²) in [6.07, 6.45) is 3.77. The number of nitrogens with one attached hydrogen (secondary N) is 1. The third-order valence-electron chi connectivity index (χ3n) is 3.89. The van der Waals surface area contributed by atoms with Gasteiger partial charge in [0.15, 0.2) is 0 Å². The van der Waals surface area contributed by atoms with Gasteiger partial charge in [0.2, 0.25) is 0 Å². The summed E-state index contributed by atoms with van der Waals surface area (Å²) in [6.45, 7) is 7.11. The fraction of sp³-hybridized carbons (Fsp3) is 0.647. The summed E-state index contributed by atoms with van der Waals surface area (Å²) < 4.78 is 0. The Hall–Kier alpha value is -0.510. The van der Waals surface area contributed by atoms with Gasteiger partial charge in [0.05, 0.1) is 0 Å². The SMILES string of the molecule is CCCNC(CCN1CCCSCC1)c1ccccc1. The first-order chi connectivity index (χ1) is 9.90. The largest absolute Gasteiger partial charge is 0.310 e. The van der Waals surface area contributed by atoms with Crippen LogP contribution in [0, 0.1) is 0 Å². The third-order valence-corrected chi connectivity index (χ3v) is 4.94. The summed E-state index contributed by atoms with van der Waals surface area (Å²) in [6, 6.07) is 11.4. The van der Waals surface area contributed by atoms with Crippen molar-refractivity contribution in [3.8, 4) is 0 Å². The van der Waals surface area contributed by atoms with Crippen LogP contribution < -0.4 is 5.32 Å². The van der Waals surface area contributed by atoms with E-state index in [0.717, 1.165) is 6.54 Å². The Morgan fingerprint density at radius 3 is 2.85 bits per heavy atom. The first kappa shape index (κ1) is 15.9. The van der Waals surface area contributed by atoms with E-state index in [-0.39, 0.29) is 0 Å². The molecule has 0 saturated carbocycles. The molecule has 2 nitrogen and oxygen atoms in total. The molecule has 1 aliphatic rings. The minimum absolute atomic E-state index is 0.507. The van der Waals surface area contributed by atoms with Gasteiger partial charge in [0.25, 0.3) is 0 Å². The minimum atomic E-state index is 0.507. The smallest absolute Gasteiger partial charge is 0.0332 e. The zero-order valence-electron chi connectivity index (χ0n) is 12.7. The second kappa shape index (κ2) is 9.43. The van der Waals surface area contributed by atoms with Crippen molar-refractivity contribution in [2.24, 2.45) is 0 Å². The Bertz CT molecular complexity index is 347. The number of thioether (sulfide) groups is 1. The molecule has 0 aliphatic carbocycles. The predicted octanol–water partition coefficient (Wildman–Crippen LogP) is 3.56. The maximum atomic E-state index is 3.71. The zero-order valence-corrected chi connectivity index (χ0v) is 13.5. The molecule has 0 radical (unpaired) electrons. The monoisotopic (exact) mass is 292 g/mol. The standard InChI is InChI=1S/C17H28N2S/c1-2-10-18-17(16-7-4-3-5-8-16)9-12-19-11-6-14-20-15-13-19/h3-5,7-8,17-18H,2,6,9-15H2,1H3. The Morgan fingerprint density at radius 2 is 2.05 bits per heavy atom. The molecule has 1 N–H and O–H groups in total. The van der Waals surface area contributed by atoms with Crippen LogP contribution in [0.25, 0.3) is 0 Å².